The Bertz CT molecular complexity index is 877. The largest absolute Gasteiger partial charge is 0.507 e. The summed E-state index contributed by atoms with van der Waals surface area (Å²) in [5.41, 5.74) is 0.979. The summed E-state index contributed by atoms with van der Waals surface area (Å²) in [6.45, 7) is 3.70. The fraction of sp³-hybridized carbons (Fsp3) is 0.235. The van der Waals surface area contributed by atoms with Gasteiger partial charge >= 0.3 is 0 Å². The Morgan fingerprint density at radius 2 is 1.72 bits per heavy atom. The summed E-state index contributed by atoms with van der Waals surface area (Å²) >= 11 is 0. The summed E-state index contributed by atoms with van der Waals surface area (Å²) in [5.74, 6) is -0.127. The third-order valence-electron chi connectivity index (χ3n) is 3.53. The number of hydrogen-bond donors (Lipinski definition) is 2. The normalized spacial score (nSPS) is 13.0. The number of nitrogens with zero attached hydrogens (tertiary/aromatic N) is 2. The molecule has 0 spiro atoms. The first kappa shape index (κ1) is 18.8. The van der Waals surface area contributed by atoms with Gasteiger partial charge in [-0.15, -0.1) is 0 Å². The molecule has 0 aliphatic heterocycles. The molecular weight excluding hydrogens is 342 g/mol. The molecule has 0 aromatic heterocycles. The number of benzene rings is 2. The van der Waals surface area contributed by atoms with E-state index < -0.39 is 10.0 Å². The number of aldehydes is 1. The van der Waals surface area contributed by atoms with Gasteiger partial charge in [0.2, 0.25) is 10.0 Å². The van der Waals surface area contributed by atoms with E-state index in [1.807, 2.05) is 6.92 Å². The maximum atomic E-state index is 12.2. The van der Waals surface area contributed by atoms with E-state index in [0.29, 0.717) is 24.1 Å². The summed E-state index contributed by atoms with van der Waals surface area (Å²) in [5, 5.41) is 17.4. The predicted molar refractivity (Wildman–Crippen MR) is 94.2 cm³/mol. The predicted octanol–water partition coefficient (Wildman–Crippen LogP) is 3.70. The van der Waals surface area contributed by atoms with Crippen LogP contribution in [0.15, 0.2) is 57.6 Å². The van der Waals surface area contributed by atoms with E-state index in [1.165, 1.54) is 42.5 Å². The van der Waals surface area contributed by atoms with Crippen LogP contribution in [0.3, 0.4) is 0 Å². The maximum Gasteiger partial charge on any atom is 0.240 e. The number of carbonyl (C=O) groups excluding carboxylic acids is 1. The van der Waals surface area contributed by atoms with Gasteiger partial charge in [-0.3, -0.25) is 4.79 Å². The standard InChI is InChI=1S/C17H19N3O4S/c1-3-12(2)20-25(23,24)16-7-4-14(5-8-16)18-19-15-6-9-17(22)13(10-15)11-21/h4-12,20,22H,3H2,1-2H3/b19-18+. The lowest BCUT2D eigenvalue weighted by atomic mass is 10.2. The first-order valence-corrected chi connectivity index (χ1v) is 9.16. The highest BCUT2D eigenvalue weighted by Gasteiger charge is 2.16. The molecule has 0 fully saturated rings. The van der Waals surface area contributed by atoms with Crippen LogP contribution in [0.2, 0.25) is 0 Å². The Morgan fingerprint density at radius 3 is 2.32 bits per heavy atom. The van der Waals surface area contributed by atoms with Gasteiger partial charge in [0.1, 0.15) is 5.75 Å². The number of nitrogens with one attached hydrogen (secondary N) is 1. The lowest BCUT2D eigenvalue weighted by Gasteiger charge is -2.11. The minimum atomic E-state index is -3.56. The van der Waals surface area contributed by atoms with Crippen molar-refractivity contribution in [3.05, 3.63) is 48.0 Å². The molecule has 25 heavy (non-hydrogen) atoms. The van der Waals surface area contributed by atoms with Crippen LogP contribution in [0.25, 0.3) is 0 Å². The molecule has 0 radical (unpaired) electrons. The Kier molecular flexibility index (Phi) is 6.00. The number of phenols is 1. The van der Waals surface area contributed by atoms with Crippen molar-refractivity contribution < 1.29 is 18.3 Å². The molecule has 0 heterocycles. The molecule has 0 amide bonds. The van der Waals surface area contributed by atoms with Gasteiger partial charge in [0.25, 0.3) is 0 Å². The topological polar surface area (TPSA) is 108 Å². The van der Waals surface area contributed by atoms with Crippen LogP contribution in [0.4, 0.5) is 11.4 Å². The Hall–Kier alpha value is -2.58. The van der Waals surface area contributed by atoms with Crippen LogP contribution in [0, 0.1) is 0 Å². The molecular formula is C17H19N3O4S. The minimum absolute atomic E-state index is 0.119. The van der Waals surface area contributed by atoms with Crippen LogP contribution in [0.1, 0.15) is 30.6 Å². The molecule has 2 aromatic rings. The van der Waals surface area contributed by atoms with Crippen LogP contribution in [-0.2, 0) is 10.0 Å². The highest BCUT2D eigenvalue weighted by molar-refractivity contribution is 7.89. The summed E-state index contributed by atoms with van der Waals surface area (Å²) in [6.07, 6.45) is 1.22. The van der Waals surface area contributed by atoms with E-state index in [9.17, 15) is 18.3 Å². The van der Waals surface area contributed by atoms with Crippen molar-refractivity contribution in [1.29, 1.82) is 0 Å². The van der Waals surface area contributed by atoms with Crippen molar-refractivity contribution in [1.82, 2.24) is 4.72 Å². The van der Waals surface area contributed by atoms with Gasteiger partial charge in [-0.2, -0.15) is 10.2 Å². The first-order chi connectivity index (χ1) is 11.9. The summed E-state index contributed by atoms with van der Waals surface area (Å²) in [4.78, 5) is 10.9. The number of hydrogen-bond acceptors (Lipinski definition) is 6. The van der Waals surface area contributed by atoms with E-state index in [4.69, 9.17) is 0 Å². The van der Waals surface area contributed by atoms with Crippen molar-refractivity contribution >= 4 is 27.7 Å². The highest BCUT2D eigenvalue weighted by atomic mass is 32.2. The third-order valence-corrected chi connectivity index (χ3v) is 5.14. The molecule has 0 bridgehead atoms. The Balaban J connectivity index is 2.16. The molecule has 2 rings (SSSR count). The average Bonchev–Trinajstić information content (AvgIpc) is 2.61. The molecule has 1 atom stereocenters. The van der Waals surface area contributed by atoms with E-state index in [-0.39, 0.29) is 22.3 Å². The first-order valence-electron chi connectivity index (χ1n) is 7.68. The van der Waals surface area contributed by atoms with Crippen LogP contribution >= 0.6 is 0 Å². The van der Waals surface area contributed by atoms with Gasteiger partial charge in [0.05, 0.1) is 21.8 Å². The van der Waals surface area contributed by atoms with E-state index in [2.05, 4.69) is 15.0 Å². The number of sulfonamides is 1. The molecule has 2 aromatic carbocycles. The molecule has 132 valence electrons. The number of rotatable bonds is 7. The molecule has 1 unspecified atom stereocenters. The van der Waals surface area contributed by atoms with Crippen LogP contribution in [-0.4, -0.2) is 25.9 Å². The zero-order chi connectivity index (χ0) is 18.4. The fourth-order valence-corrected chi connectivity index (χ4v) is 3.25. The van der Waals surface area contributed by atoms with Gasteiger partial charge in [-0.1, -0.05) is 6.92 Å². The molecule has 0 saturated heterocycles. The maximum absolute atomic E-state index is 12.2. The second-order valence-corrected chi connectivity index (χ2v) is 7.20. The SMILES string of the molecule is CCC(C)NS(=O)(=O)c1ccc(/N=N/c2ccc(O)c(C=O)c2)cc1. The van der Waals surface area contributed by atoms with Crippen molar-refractivity contribution in [3.8, 4) is 5.75 Å². The summed E-state index contributed by atoms with van der Waals surface area (Å²) in [6, 6.07) is 10.1. The van der Waals surface area contributed by atoms with Crippen LogP contribution < -0.4 is 4.72 Å². The van der Waals surface area contributed by atoms with Crippen molar-refractivity contribution in [2.24, 2.45) is 10.2 Å². The highest BCUT2D eigenvalue weighted by Crippen LogP contribution is 2.24. The summed E-state index contributed by atoms with van der Waals surface area (Å²) in [7, 11) is -3.56. The van der Waals surface area contributed by atoms with E-state index >= 15 is 0 Å². The Labute approximate surface area is 146 Å². The number of carbonyl (C=O) groups is 1. The van der Waals surface area contributed by atoms with Crippen molar-refractivity contribution in [2.75, 3.05) is 0 Å². The van der Waals surface area contributed by atoms with E-state index in [0.717, 1.165) is 0 Å². The lowest BCUT2D eigenvalue weighted by Crippen LogP contribution is -2.31. The number of azo groups is 1. The zero-order valence-corrected chi connectivity index (χ0v) is 14.7. The molecule has 0 aliphatic rings. The molecule has 0 aliphatic carbocycles. The quantitative estimate of drug-likeness (QED) is 0.579. The number of phenolic OH excluding ortho intramolecular Hbond substituents is 1. The smallest absolute Gasteiger partial charge is 0.240 e. The monoisotopic (exact) mass is 361 g/mol. The van der Waals surface area contributed by atoms with Gasteiger partial charge in [0, 0.05) is 6.04 Å². The average molecular weight is 361 g/mol. The second kappa shape index (κ2) is 8.00. The third kappa shape index (κ3) is 4.94. The number of aromatic hydroxyl groups is 1. The second-order valence-electron chi connectivity index (χ2n) is 5.49. The van der Waals surface area contributed by atoms with Crippen molar-refractivity contribution in [3.63, 3.8) is 0 Å². The van der Waals surface area contributed by atoms with Gasteiger partial charge in [0.15, 0.2) is 6.29 Å². The molecule has 2 N–H and O–H groups in total. The summed E-state index contributed by atoms with van der Waals surface area (Å²) < 4.78 is 26.9. The van der Waals surface area contributed by atoms with Gasteiger partial charge in [-0.05, 0) is 55.8 Å². The van der Waals surface area contributed by atoms with Crippen molar-refractivity contribution in [2.45, 2.75) is 31.2 Å². The molecule has 8 heteroatoms. The minimum Gasteiger partial charge on any atom is -0.507 e. The zero-order valence-electron chi connectivity index (χ0n) is 13.9. The van der Waals surface area contributed by atoms with Gasteiger partial charge < -0.3 is 5.11 Å². The van der Waals surface area contributed by atoms with Gasteiger partial charge in [-0.25, -0.2) is 13.1 Å². The van der Waals surface area contributed by atoms with Crippen LogP contribution in [0.5, 0.6) is 5.75 Å². The molecule has 7 nitrogen and oxygen atoms in total. The Morgan fingerprint density at radius 1 is 1.12 bits per heavy atom. The fourth-order valence-electron chi connectivity index (χ4n) is 1.92. The lowest BCUT2D eigenvalue weighted by molar-refractivity contribution is 0.112. The van der Waals surface area contributed by atoms with E-state index in [1.54, 1.807) is 6.92 Å². The molecule has 0 saturated carbocycles.